The quantitative estimate of drug-likeness (QED) is 0.776. The van der Waals surface area contributed by atoms with Gasteiger partial charge in [0, 0.05) is 12.5 Å². The Labute approximate surface area is 101 Å². The van der Waals surface area contributed by atoms with Crippen molar-refractivity contribution >= 4 is 5.91 Å². The molecule has 0 saturated carbocycles. The number of aliphatic hydroxyl groups is 1. The van der Waals surface area contributed by atoms with Gasteiger partial charge in [0.05, 0.1) is 6.61 Å². The lowest BCUT2D eigenvalue weighted by Gasteiger charge is -2.10. The first-order chi connectivity index (χ1) is 8.29. The molecule has 1 aromatic rings. The van der Waals surface area contributed by atoms with E-state index in [1.54, 1.807) is 0 Å². The predicted molar refractivity (Wildman–Crippen MR) is 66.1 cm³/mol. The fourth-order valence-electron chi connectivity index (χ4n) is 2.00. The molecule has 0 saturated heterocycles. The van der Waals surface area contributed by atoms with Crippen LogP contribution in [0.15, 0.2) is 36.4 Å². The summed E-state index contributed by atoms with van der Waals surface area (Å²) >= 11 is 0. The van der Waals surface area contributed by atoms with Crippen LogP contribution in [0.5, 0.6) is 0 Å². The normalized spacial score (nSPS) is 15.1. The lowest BCUT2D eigenvalue weighted by molar-refractivity contribution is -0.124. The van der Waals surface area contributed by atoms with Crippen LogP contribution < -0.4 is 5.32 Å². The van der Waals surface area contributed by atoms with Crippen LogP contribution >= 0.6 is 0 Å². The predicted octanol–water partition coefficient (Wildman–Crippen LogP) is 1.76. The monoisotopic (exact) mass is 231 g/mol. The fourth-order valence-corrected chi connectivity index (χ4v) is 2.00. The molecule has 17 heavy (non-hydrogen) atoms. The average molecular weight is 231 g/mol. The van der Waals surface area contributed by atoms with Crippen molar-refractivity contribution in [3.05, 3.63) is 47.5 Å². The summed E-state index contributed by atoms with van der Waals surface area (Å²) in [6.07, 6.45) is 5.80. The molecule has 0 unspecified atom stereocenters. The maximum atomic E-state index is 11.8. The Morgan fingerprint density at radius 3 is 2.71 bits per heavy atom. The number of carbonyl (C=O) groups excluding carboxylic acids is 1. The van der Waals surface area contributed by atoms with Crippen LogP contribution in [0.2, 0.25) is 0 Å². The van der Waals surface area contributed by atoms with Gasteiger partial charge in [0.15, 0.2) is 0 Å². The Kier molecular flexibility index (Phi) is 3.94. The van der Waals surface area contributed by atoms with E-state index in [2.05, 4.69) is 17.5 Å². The Morgan fingerprint density at radius 1 is 1.29 bits per heavy atom. The van der Waals surface area contributed by atoms with Crippen LogP contribution in [0.25, 0.3) is 0 Å². The van der Waals surface area contributed by atoms with Crippen LogP contribution in [0.4, 0.5) is 0 Å². The molecule has 0 radical (unpaired) electrons. The molecular weight excluding hydrogens is 214 g/mol. The molecule has 2 rings (SSSR count). The van der Waals surface area contributed by atoms with Crippen LogP contribution in [-0.2, 0) is 17.9 Å². The second-order valence-electron chi connectivity index (χ2n) is 4.34. The fraction of sp³-hybridized carbons (Fsp3) is 0.357. The summed E-state index contributed by atoms with van der Waals surface area (Å²) in [4.78, 5) is 11.8. The molecule has 1 aromatic carbocycles. The number of carbonyl (C=O) groups is 1. The van der Waals surface area contributed by atoms with Crippen LogP contribution in [-0.4, -0.2) is 11.0 Å². The van der Waals surface area contributed by atoms with Crippen molar-refractivity contribution in [3.63, 3.8) is 0 Å². The highest BCUT2D eigenvalue weighted by Crippen LogP contribution is 2.17. The van der Waals surface area contributed by atoms with Gasteiger partial charge in [-0.1, -0.05) is 36.4 Å². The van der Waals surface area contributed by atoms with Crippen molar-refractivity contribution < 1.29 is 9.90 Å². The van der Waals surface area contributed by atoms with E-state index < -0.39 is 0 Å². The molecule has 0 aliphatic heterocycles. The molecule has 0 spiro atoms. The highest BCUT2D eigenvalue weighted by Gasteiger charge is 2.18. The third kappa shape index (κ3) is 3.17. The Hall–Kier alpha value is -1.61. The SMILES string of the molecule is O=C(NCc1cccc(CO)c1)C1CC=CC1. The van der Waals surface area contributed by atoms with Gasteiger partial charge >= 0.3 is 0 Å². The molecule has 2 N–H and O–H groups in total. The Balaban J connectivity index is 1.86. The third-order valence-corrected chi connectivity index (χ3v) is 3.02. The molecule has 3 heteroatoms. The highest BCUT2D eigenvalue weighted by atomic mass is 16.3. The number of allylic oxidation sites excluding steroid dienone is 2. The maximum absolute atomic E-state index is 11.8. The van der Waals surface area contributed by atoms with E-state index in [1.165, 1.54) is 0 Å². The minimum absolute atomic E-state index is 0.0360. The smallest absolute Gasteiger partial charge is 0.224 e. The number of rotatable bonds is 4. The minimum Gasteiger partial charge on any atom is -0.392 e. The van der Waals surface area contributed by atoms with Gasteiger partial charge in [-0.15, -0.1) is 0 Å². The second-order valence-corrected chi connectivity index (χ2v) is 4.34. The van der Waals surface area contributed by atoms with E-state index in [4.69, 9.17) is 5.11 Å². The molecule has 1 amide bonds. The zero-order valence-corrected chi connectivity index (χ0v) is 9.73. The summed E-state index contributed by atoms with van der Waals surface area (Å²) in [6.45, 7) is 0.567. The summed E-state index contributed by atoms with van der Waals surface area (Å²) in [5.41, 5.74) is 1.90. The van der Waals surface area contributed by atoms with Gasteiger partial charge in [-0.25, -0.2) is 0 Å². The first-order valence-corrected chi connectivity index (χ1v) is 5.91. The molecule has 0 atom stereocenters. The van der Waals surface area contributed by atoms with Crippen LogP contribution in [0, 0.1) is 5.92 Å². The van der Waals surface area contributed by atoms with E-state index in [1.807, 2.05) is 24.3 Å². The van der Waals surface area contributed by atoms with Gasteiger partial charge in [0.1, 0.15) is 0 Å². The minimum atomic E-state index is 0.0360. The van der Waals surface area contributed by atoms with Crippen molar-refractivity contribution in [2.24, 2.45) is 5.92 Å². The third-order valence-electron chi connectivity index (χ3n) is 3.02. The molecule has 0 heterocycles. The highest BCUT2D eigenvalue weighted by molar-refractivity contribution is 5.79. The molecule has 1 aliphatic rings. The summed E-state index contributed by atoms with van der Waals surface area (Å²) in [6, 6.07) is 7.62. The molecule has 0 fully saturated rings. The molecule has 90 valence electrons. The molecule has 0 aromatic heterocycles. The number of aliphatic hydroxyl groups excluding tert-OH is 1. The maximum Gasteiger partial charge on any atom is 0.224 e. The summed E-state index contributed by atoms with van der Waals surface area (Å²) in [7, 11) is 0. The van der Waals surface area contributed by atoms with Gasteiger partial charge in [-0.2, -0.15) is 0 Å². The zero-order chi connectivity index (χ0) is 12.1. The summed E-state index contributed by atoms with van der Waals surface area (Å²) < 4.78 is 0. The largest absolute Gasteiger partial charge is 0.392 e. The average Bonchev–Trinajstić information content (AvgIpc) is 2.90. The van der Waals surface area contributed by atoms with E-state index in [-0.39, 0.29) is 18.4 Å². The lowest BCUT2D eigenvalue weighted by Crippen LogP contribution is -2.28. The number of benzene rings is 1. The van der Waals surface area contributed by atoms with Gasteiger partial charge in [-0.05, 0) is 24.0 Å². The number of hydrogen-bond acceptors (Lipinski definition) is 2. The van der Waals surface area contributed by atoms with Gasteiger partial charge in [0.2, 0.25) is 5.91 Å². The van der Waals surface area contributed by atoms with Crippen LogP contribution in [0.3, 0.4) is 0 Å². The number of hydrogen-bond donors (Lipinski definition) is 2. The zero-order valence-electron chi connectivity index (χ0n) is 9.73. The Morgan fingerprint density at radius 2 is 2.00 bits per heavy atom. The molecule has 0 bridgehead atoms. The van der Waals surface area contributed by atoms with E-state index in [0.29, 0.717) is 6.54 Å². The van der Waals surface area contributed by atoms with E-state index >= 15 is 0 Å². The van der Waals surface area contributed by atoms with Crippen molar-refractivity contribution in [3.8, 4) is 0 Å². The first-order valence-electron chi connectivity index (χ1n) is 5.91. The van der Waals surface area contributed by atoms with Crippen LogP contribution in [0.1, 0.15) is 24.0 Å². The van der Waals surface area contributed by atoms with Crippen molar-refractivity contribution in [2.75, 3.05) is 0 Å². The first kappa shape index (κ1) is 11.9. The standard InChI is InChI=1S/C14H17NO2/c16-10-12-5-3-4-11(8-12)9-15-14(17)13-6-1-2-7-13/h1-5,8,13,16H,6-7,9-10H2,(H,15,17). The van der Waals surface area contributed by atoms with Gasteiger partial charge in [-0.3, -0.25) is 4.79 Å². The second kappa shape index (κ2) is 5.64. The van der Waals surface area contributed by atoms with Gasteiger partial charge in [0.25, 0.3) is 0 Å². The number of nitrogens with one attached hydrogen (secondary N) is 1. The topological polar surface area (TPSA) is 49.3 Å². The Bertz CT molecular complexity index is 418. The lowest BCUT2D eigenvalue weighted by atomic mass is 10.1. The molecular formula is C14H17NO2. The van der Waals surface area contributed by atoms with E-state index in [0.717, 1.165) is 24.0 Å². The number of amides is 1. The van der Waals surface area contributed by atoms with Gasteiger partial charge < -0.3 is 10.4 Å². The summed E-state index contributed by atoms with van der Waals surface area (Å²) in [5, 5.41) is 11.9. The molecule has 3 nitrogen and oxygen atoms in total. The van der Waals surface area contributed by atoms with Crippen molar-refractivity contribution in [2.45, 2.75) is 26.0 Å². The molecule has 1 aliphatic carbocycles. The summed E-state index contributed by atoms with van der Waals surface area (Å²) in [5.74, 6) is 0.223. The van der Waals surface area contributed by atoms with Crippen molar-refractivity contribution in [1.82, 2.24) is 5.32 Å². The van der Waals surface area contributed by atoms with Crippen molar-refractivity contribution in [1.29, 1.82) is 0 Å². The van der Waals surface area contributed by atoms with E-state index in [9.17, 15) is 4.79 Å².